The number of carbonyl (C=O) groups excluding carboxylic acids is 1. The lowest BCUT2D eigenvalue weighted by atomic mass is 9.84. The highest BCUT2D eigenvalue weighted by molar-refractivity contribution is 5.76. The number of hydrogen-bond acceptors (Lipinski definition) is 2. The number of carbonyl (C=O) groups is 1. The highest BCUT2D eigenvalue weighted by Gasteiger charge is 2.20. The van der Waals surface area contributed by atoms with Crippen molar-refractivity contribution < 1.29 is 4.79 Å². The van der Waals surface area contributed by atoms with Crippen LogP contribution in [-0.4, -0.2) is 23.9 Å². The molecule has 1 rings (SSSR count). The smallest absolute Gasteiger partial charge is 0.222 e. The van der Waals surface area contributed by atoms with E-state index in [1.807, 2.05) is 17.9 Å². The third kappa shape index (κ3) is 6.30. The molecule has 0 aliphatic heterocycles. The number of aryl methyl sites for hydroxylation is 1. The zero-order chi connectivity index (χ0) is 15.9. The Hall–Kier alpha value is -1.35. The van der Waals surface area contributed by atoms with Gasteiger partial charge in [0.05, 0.1) is 0 Å². The van der Waals surface area contributed by atoms with E-state index in [0.29, 0.717) is 19.5 Å². The van der Waals surface area contributed by atoms with E-state index in [1.54, 1.807) is 0 Å². The van der Waals surface area contributed by atoms with Gasteiger partial charge in [0.2, 0.25) is 5.91 Å². The molecule has 0 unspecified atom stereocenters. The van der Waals surface area contributed by atoms with E-state index in [0.717, 1.165) is 19.4 Å². The standard InChI is InChI=1S/C18H30N2O/c1-5-20(14-16-8-6-7-15(2)13-16)17(21)9-10-18(3,4)11-12-19/h6-8,13H,5,9-12,14,19H2,1-4H3. The van der Waals surface area contributed by atoms with Gasteiger partial charge in [-0.25, -0.2) is 0 Å². The van der Waals surface area contributed by atoms with Crippen molar-refractivity contribution in [1.29, 1.82) is 0 Å². The van der Waals surface area contributed by atoms with Crippen molar-refractivity contribution in [3.8, 4) is 0 Å². The molecule has 3 nitrogen and oxygen atoms in total. The van der Waals surface area contributed by atoms with Crippen LogP contribution in [0.5, 0.6) is 0 Å². The predicted molar refractivity (Wildman–Crippen MR) is 89.0 cm³/mol. The summed E-state index contributed by atoms with van der Waals surface area (Å²) in [7, 11) is 0. The minimum atomic E-state index is 0.146. The summed E-state index contributed by atoms with van der Waals surface area (Å²) in [5, 5.41) is 0. The van der Waals surface area contributed by atoms with E-state index in [1.165, 1.54) is 11.1 Å². The average Bonchev–Trinajstić information content (AvgIpc) is 2.42. The van der Waals surface area contributed by atoms with Gasteiger partial charge in [-0.3, -0.25) is 4.79 Å². The Morgan fingerprint density at radius 1 is 1.29 bits per heavy atom. The first-order valence-electron chi connectivity index (χ1n) is 7.91. The molecule has 0 aliphatic carbocycles. The van der Waals surface area contributed by atoms with Gasteiger partial charge < -0.3 is 10.6 Å². The third-order valence-electron chi connectivity index (χ3n) is 4.03. The Bertz CT molecular complexity index is 454. The Kier molecular flexibility index (Phi) is 6.90. The van der Waals surface area contributed by atoms with Crippen LogP contribution in [0.3, 0.4) is 0 Å². The number of hydrogen-bond donors (Lipinski definition) is 1. The molecule has 1 aromatic carbocycles. The molecule has 0 spiro atoms. The molecule has 0 fully saturated rings. The van der Waals surface area contributed by atoms with E-state index in [-0.39, 0.29) is 11.3 Å². The number of rotatable bonds is 8. The second kappa shape index (κ2) is 8.18. The van der Waals surface area contributed by atoms with Crippen LogP contribution in [0.15, 0.2) is 24.3 Å². The van der Waals surface area contributed by atoms with Crippen LogP contribution in [0, 0.1) is 12.3 Å². The maximum Gasteiger partial charge on any atom is 0.222 e. The van der Waals surface area contributed by atoms with Gasteiger partial charge in [-0.1, -0.05) is 43.7 Å². The first-order chi connectivity index (χ1) is 9.88. The van der Waals surface area contributed by atoms with Crippen molar-refractivity contribution in [1.82, 2.24) is 4.90 Å². The molecule has 0 saturated carbocycles. The van der Waals surface area contributed by atoms with Crippen LogP contribution in [0.2, 0.25) is 0 Å². The van der Waals surface area contributed by atoms with Crippen molar-refractivity contribution in [2.75, 3.05) is 13.1 Å². The maximum absolute atomic E-state index is 12.4. The summed E-state index contributed by atoms with van der Waals surface area (Å²) in [6.45, 7) is 10.6. The fourth-order valence-corrected chi connectivity index (χ4v) is 2.53. The molecular formula is C18H30N2O. The molecule has 0 aliphatic rings. The maximum atomic E-state index is 12.4. The van der Waals surface area contributed by atoms with Gasteiger partial charge in [0.1, 0.15) is 0 Å². The largest absolute Gasteiger partial charge is 0.339 e. The van der Waals surface area contributed by atoms with Gasteiger partial charge in [0, 0.05) is 19.5 Å². The fraction of sp³-hybridized carbons (Fsp3) is 0.611. The first-order valence-corrected chi connectivity index (χ1v) is 7.91. The van der Waals surface area contributed by atoms with Gasteiger partial charge in [-0.05, 0) is 44.2 Å². The van der Waals surface area contributed by atoms with Crippen LogP contribution >= 0.6 is 0 Å². The Balaban J connectivity index is 2.57. The van der Waals surface area contributed by atoms with Crippen LogP contribution in [-0.2, 0) is 11.3 Å². The van der Waals surface area contributed by atoms with Crippen LogP contribution in [0.4, 0.5) is 0 Å². The topological polar surface area (TPSA) is 46.3 Å². The molecule has 1 amide bonds. The second-order valence-electron chi connectivity index (χ2n) is 6.60. The highest BCUT2D eigenvalue weighted by atomic mass is 16.2. The zero-order valence-corrected chi connectivity index (χ0v) is 14.0. The highest BCUT2D eigenvalue weighted by Crippen LogP contribution is 2.26. The number of nitrogens with two attached hydrogens (primary N) is 1. The Morgan fingerprint density at radius 2 is 2.00 bits per heavy atom. The lowest BCUT2D eigenvalue weighted by molar-refractivity contribution is -0.132. The van der Waals surface area contributed by atoms with Gasteiger partial charge in [0.25, 0.3) is 0 Å². The first kappa shape index (κ1) is 17.7. The summed E-state index contributed by atoms with van der Waals surface area (Å²) in [6, 6.07) is 8.36. The van der Waals surface area contributed by atoms with Crippen molar-refractivity contribution in [3.63, 3.8) is 0 Å². The summed E-state index contributed by atoms with van der Waals surface area (Å²) in [6.07, 6.45) is 2.46. The van der Waals surface area contributed by atoms with Crippen molar-refractivity contribution in [2.24, 2.45) is 11.1 Å². The molecular weight excluding hydrogens is 260 g/mol. The van der Waals surface area contributed by atoms with Crippen LogP contribution in [0.25, 0.3) is 0 Å². The van der Waals surface area contributed by atoms with E-state index in [9.17, 15) is 4.79 Å². The summed E-state index contributed by atoms with van der Waals surface area (Å²) in [5.41, 5.74) is 8.21. The lowest BCUT2D eigenvalue weighted by Crippen LogP contribution is -2.31. The van der Waals surface area contributed by atoms with Crippen LogP contribution in [0.1, 0.15) is 51.2 Å². The molecule has 118 valence electrons. The summed E-state index contributed by atoms with van der Waals surface area (Å²) >= 11 is 0. The van der Waals surface area contributed by atoms with E-state index in [2.05, 4.69) is 39.0 Å². The number of amides is 1. The normalized spacial score (nSPS) is 11.5. The summed E-state index contributed by atoms with van der Waals surface area (Å²) in [5.74, 6) is 0.240. The molecule has 1 aromatic rings. The predicted octanol–water partition coefficient (Wildman–Crippen LogP) is 3.50. The molecule has 0 radical (unpaired) electrons. The van der Waals surface area contributed by atoms with Crippen LogP contribution < -0.4 is 5.73 Å². The van der Waals surface area contributed by atoms with Gasteiger partial charge in [-0.15, -0.1) is 0 Å². The number of benzene rings is 1. The molecule has 21 heavy (non-hydrogen) atoms. The Labute approximate surface area is 129 Å². The molecule has 0 atom stereocenters. The van der Waals surface area contributed by atoms with Gasteiger partial charge in [-0.2, -0.15) is 0 Å². The Morgan fingerprint density at radius 3 is 2.57 bits per heavy atom. The molecule has 0 aromatic heterocycles. The minimum Gasteiger partial charge on any atom is -0.339 e. The van der Waals surface area contributed by atoms with Crippen molar-refractivity contribution in [3.05, 3.63) is 35.4 Å². The quantitative estimate of drug-likeness (QED) is 0.796. The van der Waals surface area contributed by atoms with E-state index < -0.39 is 0 Å². The monoisotopic (exact) mass is 290 g/mol. The molecule has 3 heteroatoms. The molecule has 2 N–H and O–H groups in total. The number of nitrogens with zero attached hydrogens (tertiary/aromatic N) is 1. The molecule has 0 saturated heterocycles. The van der Waals surface area contributed by atoms with Gasteiger partial charge in [0.15, 0.2) is 0 Å². The lowest BCUT2D eigenvalue weighted by Gasteiger charge is -2.26. The summed E-state index contributed by atoms with van der Waals surface area (Å²) < 4.78 is 0. The summed E-state index contributed by atoms with van der Waals surface area (Å²) in [4.78, 5) is 14.3. The minimum absolute atomic E-state index is 0.146. The fourth-order valence-electron chi connectivity index (χ4n) is 2.53. The van der Waals surface area contributed by atoms with E-state index >= 15 is 0 Å². The van der Waals surface area contributed by atoms with Crippen molar-refractivity contribution in [2.45, 2.75) is 53.5 Å². The van der Waals surface area contributed by atoms with Gasteiger partial charge >= 0.3 is 0 Å². The molecule has 0 bridgehead atoms. The second-order valence-corrected chi connectivity index (χ2v) is 6.60. The SMILES string of the molecule is CCN(Cc1cccc(C)c1)C(=O)CCC(C)(C)CCN. The molecule has 0 heterocycles. The van der Waals surface area contributed by atoms with Crippen molar-refractivity contribution >= 4 is 5.91 Å². The average molecular weight is 290 g/mol. The third-order valence-corrected chi connectivity index (χ3v) is 4.03. The zero-order valence-electron chi connectivity index (χ0n) is 14.0. The van der Waals surface area contributed by atoms with E-state index in [4.69, 9.17) is 5.73 Å².